The summed E-state index contributed by atoms with van der Waals surface area (Å²) in [4.78, 5) is 27.2. The standard InChI is InChI=1S/C24H21F3N4O2/c1-14-5-4-6-16(22(14)17-7-2-3-10-28-17)23(32)31-15-8-9-18(31)19(11-15)33-21-13-29-20(12-30-21)24(25,26)27/h2-7,10,12-13,15,18-19H,8-9,11H2,1H3. The molecule has 2 fully saturated rings. The van der Waals surface area contributed by atoms with Crippen LogP contribution in [0.1, 0.15) is 40.9 Å². The molecule has 2 bridgehead atoms. The normalized spacial score (nSPS) is 21.9. The first-order chi connectivity index (χ1) is 15.8. The van der Waals surface area contributed by atoms with Crippen LogP contribution in [0.5, 0.6) is 5.88 Å². The van der Waals surface area contributed by atoms with Crippen LogP contribution in [0, 0.1) is 6.92 Å². The van der Waals surface area contributed by atoms with Gasteiger partial charge in [0.2, 0.25) is 5.88 Å². The van der Waals surface area contributed by atoms with E-state index in [1.165, 1.54) is 0 Å². The van der Waals surface area contributed by atoms with Crippen molar-refractivity contribution >= 4 is 5.91 Å². The highest BCUT2D eigenvalue weighted by molar-refractivity contribution is 6.01. The maximum Gasteiger partial charge on any atom is 0.434 e. The number of aryl methyl sites for hydroxylation is 1. The second-order valence-corrected chi connectivity index (χ2v) is 8.35. The number of nitrogens with zero attached hydrogens (tertiary/aromatic N) is 4. The fraction of sp³-hybridized carbons (Fsp3) is 0.333. The third-order valence-electron chi connectivity index (χ3n) is 6.33. The maximum absolute atomic E-state index is 13.7. The summed E-state index contributed by atoms with van der Waals surface area (Å²) in [6.45, 7) is 1.95. The van der Waals surface area contributed by atoms with E-state index in [0.717, 1.165) is 35.9 Å². The van der Waals surface area contributed by atoms with E-state index in [2.05, 4.69) is 15.0 Å². The summed E-state index contributed by atoms with van der Waals surface area (Å²) in [6, 6.07) is 11.1. The molecule has 0 saturated carbocycles. The van der Waals surface area contributed by atoms with E-state index >= 15 is 0 Å². The minimum atomic E-state index is -4.56. The Hall–Kier alpha value is -3.49. The maximum atomic E-state index is 13.7. The molecular formula is C24H21F3N4O2. The largest absolute Gasteiger partial charge is 0.471 e. The van der Waals surface area contributed by atoms with Gasteiger partial charge in [0.05, 0.1) is 24.1 Å². The highest BCUT2D eigenvalue weighted by Gasteiger charge is 2.50. The van der Waals surface area contributed by atoms with Gasteiger partial charge in [0.25, 0.3) is 5.91 Å². The number of alkyl halides is 3. The van der Waals surface area contributed by atoms with E-state index in [4.69, 9.17) is 4.74 Å². The zero-order valence-corrected chi connectivity index (χ0v) is 17.8. The third-order valence-corrected chi connectivity index (χ3v) is 6.33. The van der Waals surface area contributed by atoms with Crippen molar-refractivity contribution in [2.24, 2.45) is 0 Å². The molecule has 2 saturated heterocycles. The predicted octanol–water partition coefficient (Wildman–Crippen LogP) is 4.69. The van der Waals surface area contributed by atoms with Gasteiger partial charge in [-0.2, -0.15) is 13.2 Å². The number of amides is 1. The third kappa shape index (κ3) is 3.92. The fourth-order valence-electron chi connectivity index (χ4n) is 4.89. The van der Waals surface area contributed by atoms with Crippen molar-refractivity contribution in [3.05, 3.63) is 71.8 Å². The molecule has 2 aromatic heterocycles. The van der Waals surface area contributed by atoms with Crippen LogP contribution in [-0.4, -0.2) is 43.9 Å². The summed E-state index contributed by atoms with van der Waals surface area (Å²) in [5.74, 6) is -0.0610. The van der Waals surface area contributed by atoms with Crippen molar-refractivity contribution in [1.82, 2.24) is 19.9 Å². The number of hydrogen-bond donors (Lipinski definition) is 0. The molecule has 33 heavy (non-hydrogen) atoms. The lowest BCUT2D eigenvalue weighted by molar-refractivity contribution is -0.141. The van der Waals surface area contributed by atoms with Gasteiger partial charge in [0.1, 0.15) is 6.10 Å². The predicted molar refractivity (Wildman–Crippen MR) is 113 cm³/mol. The second-order valence-electron chi connectivity index (χ2n) is 8.35. The van der Waals surface area contributed by atoms with Crippen molar-refractivity contribution in [3.8, 4) is 17.1 Å². The number of fused-ring (bicyclic) bond motifs is 2. The quantitative estimate of drug-likeness (QED) is 0.572. The van der Waals surface area contributed by atoms with Crippen LogP contribution < -0.4 is 4.74 Å². The van der Waals surface area contributed by atoms with Crippen LogP contribution in [0.25, 0.3) is 11.3 Å². The Kier molecular flexibility index (Phi) is 5.26. The van der Waals surface area contributed by atoms with Gasteiger partial charge in [-0.25, -0.2) is 9.97 Å². The minimum Gasteiger partial charge on any atom is -0.471 e. The lowest BCUT2D eigenvalue weighted by Crippen LogP contribution is -2.39. The molecule has 0 aliphatic carbocycles. The average Bonchev–Trinajstić information content (AvgIpc) is 3.36. The van der Waals surface area contributed by atoms with Gasteiger partial charge in [-0.1, -0.05) is 18.2 Å². The number of aromatic nitrogens is 3. The summed E-state index contributed by atoms with van der Waals surface area (Å²) in [5.41, 5.74) is 2.01. The number of carbonyl (C=O) groups excluding carboxylic acids is 1. The molecule has 9 heteroatoms. The van der Waals surface area contributed by atoms with Gasteiger partial charge in [-0.15, -0.1) is 0 Å². The molecule has 5 rings (SSSR count). The summed E-state index contributed by atoms with van der Waals surface area (Å²) >= 11 is 0. The average molecular weight is 454 g/mol. The van der Waals surface area contributed by atoms with Crippen LogP contribution in [0.15, 0.2) is 55.0 Å². The molecule has 6 nitrogen and oxygen atoms in total. The molecule has 3 aromatic rings. The van der Waals surface area contributed by atoms with E-state index in [1.807, 2.05) is 48.2 Å². The molecule has 170 valence electrons. The van der Waals surface area contributed by atoms with Gasteiger partial charge in [0, 0.05) is 29.8 Å². The SMILES string of the molecule is Cc1cccc(C(=O)N2C3CCC2C(Oc2cnc(C(F)(F)F)cn2)C3)c1-c1ccccn1. The van der Waals surface area contributed by atoms with E-state index in [1.54, 1.807) is 6.20 Å². The molecule has 2 aliphatic heterocycles. The number of carbonyl (C=O) groups is 1. The summed E-state index contributed by atoms with van der Waals surface area (Å²) < 4.78 is 44.1. The number of halogens is 3. The first-order valence-corrected chi connectivity index (χ1v) is 10.7. The summed E-state index contributed by atoms with van der Waals surface area (Å²) in [5, 5.41) is 0. The smallest absolute Gasteiger partial charge is 0.434 e. The number of ether oxygens (including phenoxy) is 1. The van der Waals surface area contributed by atoms with Crippen LogP contribution in [-0.2, 0) is 6.18 Å². The lowest BCUT2D eigenvalue weighted by atomic mass is 9.97. The number of benzene rings is 1. The first-order valence-electron chi connectivity index (χ1n) is 10.7. The molecule has 0 N–H and O–H groups in total. The highest BCUT2D eigenvalue weighted by atomic mass is 19.4. The Balaban J connectivity index is 1.39. The lowest BCUT2D eigenvalue weighted by Gasteiger charge is -2.25. The molecular weight excluding hydrogens is 433 g/mol. The van der Waals surface area contributed by atoms with Crippen molar-refractivity contribution in [1.29, 1.82) is 0 Å². The van der Waals surface area contributed by atoms with Crippen LogP contribution in [0.2, 0.25) is 0 Å². The molecule has 1 aromatic carbocycles. The van der Waals surface area contributed by atoms with E-state index in [-0.39, 0.29) is 30.0 Å². The molecule has 1 amide bonds. The molecule has 0 radical (unpaired) electrons. The highest BCUT2D eigenvalue weighted by Crippen LogP contribution is 2.41. The zero-order valence-electron chi connectivity index (χ0n) is 17.8. The number of rotatable bonds is 4. The van der Waals surface area contributed by atoms with Gasteiger partial charge < -0.3 is 9.64 Å². The fourth-order valence-corrected chi connectivity index (χ4v) is 4.89. The molecule has 2 aliphatic rings. The van der Waals surface area contributed by atoms with Crippen LogP contribution in [0.4, 0.5) is 13.2 Å². The van der Waals surface area contributed by atoms with E-state index < -0.39 is 11.9 Å². The second kappa shape index (κ2) is 8.13. The Morgan fingerprint density at radius 3 is 2.61 bits per heavy atom. The van der Waals surface area contributed by atoms with Crippen molar-refractivity contribution in [2.75, 3.05) is 0 Å². The Bertz CT molecular complexity index is 1170. The Morgan fingerprint density at radius 2 is 1.91 bits per heavy atom. The Labute approximate surface area is 188 Å². The van der Waals surface area contributed by atoms with Crippen LogP contribution in [0.3, 0.4) is 0 Å². The monoisotopic (exact) mass is 454 g/mol. The van der Waals surface area contributed by atoms with E-state index in [0.29, 0.717) is 18.2 Å². The van der Waals surface area contributed by atoms with E-state index in [9.17, 15) is 18.0 Å². The van der Waals surface area contributed by atoms with Gasteiger partial charge in [0.15, 0.2) is 5.69 Å². The Morgan fingerprint density at radius 1 is 1.06 bits per heavy atom. The van der Waals surface area contributed by atoms with Crippen molar-refractivity contribution in [3.63, 3.8) is 0 Å². The molecule has 0 spiro atoms. The summed E-state index contributed by atoms with van der Waals surface area (Å²) in [7, 11) is 0. The molecule has 4 heterocycles. The van der Waals surface area contributed by atoms with Gasteiger partial charge in [-0.3, -0.25) is 9.78 Å². The summed E-state index contributed by atoms with van der Waals surface area (Å²) in [6.07, 6.45) is 0.675. The van der Waals surface area contributed by atoms with Gasteiger partial charge in [-0.05, 0) is 43.5 Å². The van der Waals surface area contributed by atoms with Gasteiger partial charge >= 0.3 is 6.18 Å². The zero-order chi connectivity index (χ0) is 23.2. The molecule has 3 atom stereocenters. The number of hydrogen-bond acceptors (Lipinski definition) is 5. The minimum absolute atomic E-state index is 0.00648. The molecule has 3 unspecified atom stereocenters. The topological polar surface area (TPSA) is 68.2 Å². The van der Waals surface area contributed by atoms with Crippen LogP contribution >= 0.6 is 0 Å². The van der Waals surface area contributed by atoms with Crippen molar-refractivity contribution < 1.29 is 22.7 Å². The van der Waals surface area contributed by atoms with Crippen molar-refractivity contribution in [2.45, 2.75) is 50.6 Å². The number of pyridine rings is 1. The first kappa shape index (κ1) is 21.4.